The van der Waals surface area contributed by atoms with E-state index in [9.17, 15) is 0 Å². The van der Waals surface area contributed by atoms with Crippen molar-refractivity contribution in [3.05, 3.63) is 58.6 Å². The van der Waals surface area contributed by atoms with Crippen LogP contribution in [-0.4, -0.2) is 6.54 Å². The number of halogens is 1. The van der Waals surface area contributed by atoms with E-state index in [1.165, 1.54) is 0 Å². The molecular formula is C18H22ClNO. The molecule has 0 aliphatic carbocycles. The number of ether oxygens (including phenoxy) is 1. The van der Waals surface area contributed by atoms with Gasteiger partial charge in [-0.15, -0.1) is 0 Å². The summed E-state index contributed by atoms with van der Waals surface area (Å²) in [4.78, 5) is 0. The maximum absolute atomic E-state index is 6.16. The highest BCUT2D eigenvalue weighted by Crippen LogP contribution is 2.31. The van der Waals surface area contributed by atoms with Crippen LogP contribution in [0.1, 0.15) is 37.9 Å². The van der Waals surface area contributed by atoms with E-state index in [0.29, 0.717) is 0 Å². The van der Waals surface area contributed by atoms with Crippen LogP contribution in [0.25, 0.3) is 0 Å². The van der Waals surface area contributed by atoms with Crippen molar-refractivity contribution in [2.75, 3.05) is 6.54 Å². The van der Waals surface area contributed by atoms with E-state index in [1.807, 2.05) is 36.4 Å². The van der Waals surface area contributed by atoms with Gasteiger partial charge < -0.3 is 10.1 Å². The third-order valence-electron chi connectivity index (χ3n) is 3.52. The molecule has 0 amide bonds. The van der Waals surface area contributed by atoms with Gasteiger partial charge in [0.25, 0.3) is 0 Å². The van der Waals surface area contributed by atoms with Crippen LogP contribution >= 0.6 is 11.6 Å². The predicted octanol–water partition coefficient (Wildman–Crippen LogP) is 5.37. The lowest BCUT2D eigenvalue weighted by Gasteiger charge is -2.17. The van der Waals surface area contributed by atoms with E-state index in [-0.39, 0.29) is 6.04 Å². The molecule has 2 rings (SSSR count). The van der Waals surface area contributed by atoms with Crippen LogP contribution in [0.3, 0.4) is 0 Å². The fraction of sp³-hybridized carbons (Fsp3) is 0.333. The van der Waals surface area contributed by atoms with Gasteiger partial charge in [-0.25, -0.2) is 0 Å². The Kier molecular flexibility index (Phi) is 5.66. The molecule has 3 heteroatoms. The van der Waals surface area contributed by atoms with E-state index < -0.39 is 0 Å². The van der Waals surface area contributed by atoms with Gasteiger partial charge in [0.1, 0.15) is 11.5 Å². The molecule has 0 saturated heterocycles. The highest BCUT2D eigenvalue weighted by molar-refractivity contribution is 6.31. The minimum absolute atomic E-state index is 0.254. The first-order chi connectivity index (χ1) is 10.2. The van der Waals surface area contributed by atoms with Crippen LogP contribution in [0, 0.1) is 0 Å². The van der Waals surface area contributed by atoms with Crippen molar-refractivity contribution < 1.29 is 4.74 Å². The Morgan fingerprint density at radius 2 is 1.90 bits per heavy atom. The number of aryl methyl sites for hydroxylation is 1. The highest BCUT2D eigenvalue weighted by Gasteiger charge is 2.11. The minimum Gasteiger partial charge on any atom is -0.457 e. The summed E-state index contributed by atoms with van der Waals surface area (Å²) in [6.07, 6.45) is 0.894. The summed E-state index contributed by atoms with van der Waals surface area (Å²) in [7, 11) is 0. The van der Waals surface area contributed by atoms with Gasteiger partial charge in [0.15, 0.2) is 0 Å². The molecule has 0 bridgehead atoms. The smallest absolute Gasteiger partial charge is 0.132 e. The lowest BCUT2D eigenvalue weighted by molar-refractivity contribution is 0.462. The molecule has 2 nitrogen and oxygen atoms in total. The maximum atomic E-state index is 6.16. The molecule has 0 aromatic heterocycles. The first-order valence-electron chi connectivity index (χ1n) is 7.44. The van der Waals surface area contributed by atoms with Crippen molar-refractivity contribution in [2.24, 2.45) is 0 Å². The van der Waals surface area contributed by atoms with Gasteiger partial charge in [0, 0.05) is 16.6 Å². The predicted molar refractivity (Wildman–Crippen MR) is 89.4 cm³/mol. The van der Waals surface area contributed by atoms with Crippen molar-refractivity contribution in [3.63, 3.8) is 0 Å². The average Bonchev–Trinajstić information content (AvgIpc) is 2.50. The van der Waals surface area contributed by atoms with Crippen molar-refractivity contribution >= 4 is 11.6 Å². The summed E-state index contributed by atoms with van der Waals surface area (Å²) in [5.74, 6) is 1.71. The maximum Gasteiger partial charge on any atom is 0.132 e. The van der Waals surface area contributed by atoms with Gasteiger partial charge in [-0.05, 0) is 49.7 Å². The monoisotopic (exact) mass is 303 g/mol. The zero-order valence-corrected chi connectivity index (χ0v) is 13.6. The fourth-order valence-electron chi connectivity index (χ4n) is 2.36. The number of rotatable bonds is 6. The molecule has 0 heterocycles. The molecular weight excluding hydrogens is 282 g/mol. The molecule has 0 aliphatic heterocycles. The number of hydrogen-bond donors (Lipinski definition) is 1. The summed E-state index contributed by atoms with van der Waals surface area (Å²) < 4.78 is 6.08. The number of para-hydroxylation sites is 1. The number of nitrogens with one attached hydrogen (secondary N) is 1. The lowest BCUT2D eigenvalue weighted by atomic mass is 10.1. The second kappa shape index (κ2) is 7.48. The summed E-state index contributed by atoms with van der Waals surface area (Å²) in [5, 5.41) is 4.21. The second-order valence-electron chi connectivity index (χ2n) is 5.03. The summed E-state index contributed by atoms with van der Waals surface area (Å²) in [5.41, 5.74) is 2.26. The topological polar surface area (TPSA) is 21.3 Å². The van der Waals surface area contributed by atoms with Gasteiger partial charge >= 0.3 is 0 Å². The number of benzene rings is 2. The SMILES string of the molecule is CCNC(C)c1ccccc1Oc1ccc(Cl)c(CC)c1. The Bertz CT molecular complexity index is 598. The minimum atomic E-state index is 0.254. The summed E-state index contributed by atoms with van der Waals surface area (Å²) >= 11 is 6.16. The molecule has 1 atom stereocenters. The third-order valence-corrected chi connectivity index (χ3v) is 3.89. The summed E-state index contributed by atoms with van der Waals surface area (Å²) in [6.45, 7) is 7.26. The van der Waals surface area contributed by atoms with E-state index in [1.54, 1.807) is 0 Å². The molecule has 2 aromatic rings. The summed E-state index contributed by atoms with van der Waals surface area (Å²) in [6, 6.07) is 14.2. The standard InChI is InChI=1S/C18H22ClNO/c1-4-14-12-15(10-11-17(14)19)21-18-9-7-6-8-16(18)13(3)20-5-2/h6-13,20H,4-5H2,1-3H3. The van der Waals surface area contributed by atoms with Crippen molar-refractivity contribution in [1.29, 1.82) is 0 Å². The lowest BCUT2D eigenvalue weighted by Crippen LogP contribution is -2.18. The van der Waals surface area contributed by atoms with Gasteiger partial charge in [0.2, 0.25) is 0 Å². The Morgan fingerprint density at radius 1 is 1.14 bits per heavy atom. The van der Waals surface area contributed by atoms with Crippen LogP contribution < -0.4 is 10.1 Å². The Morgan fingerprint density at radius 3 is 2.62 bits per heavy atom. The van der Waals surface area contributed by atoms with Crippen molar-refractivity contribution in [2.45, 2.75) is 33.2 Å². The molecule has 0 spiro atoms. The molecule has 0 saturated carbocycles. The Hall–Kier alpha value is -1.51. The van der Waals surface area contributed by atoms with Crippen LogP contribution in [0.15, 0.2) is 42.5 Å². The van der Waals surface area contributed by atoms with E-state index in [4.69, 9.17) is 16.3 Å². The second-order valence-corrected chi connectivity index (χ2v) is 5.43. The molecule has 2 aromatic carbocycles. The van der Waals surface area contributed by atoms with Crippen LogP contribution in [-0.2, 0) is 6.42 Å². The highest BCUT2D eigenvalue weighted by atomic mass is 35.5. The van der Waals surface area contributed by atoms with Crippen LogP contribution in [0.5, 0.6) is 11.5 Å². The van der Waals surface area contributed by atoms with Gasteiger partial charge in [-0.3, -0.25) is 0 Å². The number of hydrogen-bond acceptors (Lipinski definition) is 2. The van der Waals surface area contributed by atoms with E-state index in [2.05, 4.69) is 32.2 Å². The van der Waals surface area contributed by atoms with Crippen LogP contribution in [0.2, 0.25) is 5.02 Å². The average molecular weight is 304 g/mol. The first kappa shape index (κ1) is 15.9. The zero-order valence-electron chi connectivity index (χ0n) is 12.8. The van der Waals surface area contributed by atoms with E-state index >= 15 is 0 Å². The molecule has 0 fully saturated rings. The normalized spacial score (nSPS) is 12.2. The largest absolute Gasteiger partial charge is 0.457 e. The molecule has 0 aliphatic rings. The van der Waals surface area contributed by atoms with Gasteiger partial charge in [0.05, 0.1) is 0 Å². The van der Waals surface area contributed by atoms with Crippen molar-refractivity contribution in [1.82, 2.24) is 5.32 Å². The first-order valence-corrected chi connectivity index (χ1v) is 7.82. The third kappa shape index (κ3) is 3.99. The van der Waals surface area contributed by atoms with Crippen molar-refractivity contribution in [3.8, 4) is 11.5 Å². The molecule has 21 heavy (non-hydrogen) atoms. The zero-order chi connectivity index (χ0) is 15.2. The molecule has 112 valence electrons. The quantitative estimate of drug-likeness (QED) is 0.775. The molecule has 1 N–H and O–H groups in total. The molecule has 0 radical (unpaired) electrons. The fourth-order valence-corrected chi connectivity index (χ4v) is 2.61. The Balaban J connectivity index is 2.27. The Labute approximate surface area is 132 Å². The molecule has 1 unspecified atom stereocenters. The van der Waals surface area contributed by atoms with E-state index in [0.717, 1.165) is 40.6 Å². The van der Waals surface area contributed by atoms with Gasteiger partial charge in [-0.2, -0.15) is 0 Å². The van der Waals surface area contributed by atoms with Crippen LogP contribution in [0.4, 0.5) is 0 Å². The van der Waals surface area contributed by atoms with Gasteiger partial charge in [-0.1, -0.05) is 43.6 Å².